The molecule has 0 aliphatic rings. The lowest BCUT2D eigenvalue weighted by atomic mass is 10.1. The Kier molecular flexibility index (Phi) is 3.78. The van der Waals surface area contributed by atoms with Gasteiger partial charge >= 0.3 is 0 Å². The maximum Gasteiger partial charge on any atom is -0.0393 e. The van der Waals surface area contributed by atoms with Crippen molar-refractivity contribution in [1.29, 1.82) is 0 Å². The van der Waals surface area contributed by atoms with E-state index in [1.165, 1.54) is 11.1 Å². The van der Waals surface area contributed by atoms with Crippen LogP contribution in [0.4, 0.5) is 0 Å². The summed E-state index contributed by atoms with van der Waals surface area (Å²) in [7, 11) is 0. The summed E-state index contributed by atoms with van der Waals surface area (Å²) in [6.07, 6.45) is 4.14. The maximum absolute atomic E-state index is 3.87. The van der Waals surface area contributed by atoms with Crippen molar-refractivity contribution in [1.82, 2.24) is 0 Å². The maximum atomic E-state index is 3.87. The van der Waals surface area contributed by atoms with Crippen LogP contribution < -0.4 is 0 Å². The molecule has 56 valence electrons. The minimum Gasteiger partial charge on any atom is -0.0958 e. The van der Waals surface area contributed by atoms with E-state index in [-0.39, 0.29) is 0 Å². The summed E-state index contributed by atoms with van der Waals surface area (Å²) in [6.45, 7) is 12.1. The third-order valence-corrected chi connectivity index (χ3v) is 1.65. The minimum atomic E-state index is 1.15. The Bertz CT molecular complexity index is 180. The van der Waals surface area contributed by atoms with E-state index in [1.54, 1.807) is 0 Å². The van der Waals surface area contributed by atoms with Crippen molar-refractivity contribution in [3.8, 4) is 0 Å². The zero-order valence-corrected chi connectivity index (χ0v) is 7.36. The van der Waals surface area contributed by atoms with Crippen LogP contribution >= 0.6 is 0 Å². The Balaban J connectivity index is 4.50. The van der Waals surface area contributed by atoms with Gasteiger partial charge in [0.05, 0.1) is 0 Å². The Hall–Kier alpha value is -0.780. The lowest BCUT2D eigenvalue weighted by Crippen LogP contribution is -1.80. The molecule has 0 unspecified atom stereocenters. The molecule has 0 N–H and O–H groups in total. The van der Waals surface area contributed by atoms with Crippen molar-refractivity contribution in [2.45, 2.75) is 27.7 Å². The minimum absolute atomic E-state index is 1.15. The second-order valence-corrected chi connectivity index (χ2v) is 2.59. The van der Waals surface area contributed by atoms with Gasteiger partial charge in [0.1, 0.15) is 0 Å². The van der Waals surface area contributed by atoms with E-state index in [0.29, 0.717) is 0 Å². The van der Waals surface area contributed by atoms with Gasteiger partial charge in [0.2, 0.25) is 0 Å². The highest BCUT2D eigenvalue weighted by molar-refractivity contribution is 5.34. The molecule has 0 fully saturated rings. The fourth-order valence-electron chi connectivity index (χ4n) is 0.712. The Labute approximate surface area is 64.0 Å². The average Bonchev–Trinajstić information content (AvgIpc) is 1.87. The van der Waals surface area contributed by atoms with E-state index < -0.39 is 0 Å². The Morgan fingerprint density at radius 1 is 1.20 bits per heavy atom. The fourth-order valence-corrected chi connectivity index (χ4v) is 0.712. The molecule has 0 aromatic carbocycles. The largest absolute Gasteiger partial charge is 0.0958 e. The molecule has 0 nitrogen and oxygen atoms in total. The van der Waals surface area contributed by atoms with Gasteiger partial charge in [-0.3, -0.25) is 0 Å². The van der Waals surface area contributed by atoms with Crippen LogP contribution in [-0.2, 0) is 0 Å². The number of hydrogen-bond acceptors (Lipinski definition) is 0. The molecule has 0 aliphatic heterocycles. The van der Waals surface area contributed by atoms with E-state index in [4.69, 9.17) is 0 Å². The monoisotopic (exact) mass is 136 g/mol. The van der Waals surface area contributed by atoms with Crippen LogP contribution in [0.25, 0.3) is 0 Å². The van der Waals surface area contributed by atoms with E-state index >= 15 is 0 Å². The first-order chi connectivity index (χ1) is 4.59. The summed E-state index contributed by atoms with van der Waals surface area (Å²) in [6, 6.07) is 0. The van der Waals surface area contributed by atoms with Crippen molar-refractivity contribution in [3.05, 3.63) is 35.5 Å². The fraction of sp³-hybridized carbons (Fsp3) is 0.400. The smallest absolute Gasteiger partial charge is 0.0393 e. The lowest BCUT2D eigenvalue weighted by Gasteiger charge is -2.01. The highest BCUT2D eigenvalue weighted by atomic mass is 14.0. The predicted molar refractivity (Wildman–Crippen MR) is 48.0 cm³/mol. The molecule has 0 bridgehead atoms. The van der Waals surface area contributed by atoms with Crippen molar-refractivity contribution >= 4 is 0 Å². The van der Waals surface area contributed by atoms with Gasteiger partial charge in [-0.1, -0.05) is 24.3 Å². The van der Waals surface area contributed by atoms with Crippen LogP contribution in [0.3, 0.4) is 0 Å². The highest BCUT2D eigenvalue weighted by Crippen LogP contribution is 2.11. The summed E-state index contributed by atoms with van der Waals surface area (Å²) < 4.78 is 0. The van der Waals surface area contributed by atoms with E-state index in [9.17, 15) is 0 Å². The SMILES string of the molecule is C=C(C)/C(C)=C(C)\C=C\C. The van der Waals surface area contributed by atoms with Crippen LogP contribution in [0.1, 0.15) is 27.7 Å². The molecule has 0 aliphatic carbocycles. The van der Waals surface area contributed by atoms with Gasteiger partial charge in [-0.25, -0.2) is 0 Å². The first kappa shape index (κ1) is 9.22. The molecule has 0 atom stereocenters. The predicted octanol–water partition coefficient (Wildman–Crippen LogP) is 3.48. The van der Waals surface area contributed by atoms with Crippen LogP contribution in [0.2, 0.25) is 0 Å². The first-order valence-corrected chi connectivity index (χ1v) is 3.55. The first-order valence-electron chi connectivity index (χ1n) is 3.55. The summed E-state index contributed by atoms with van der Waals surface area (Å²) in [5, 5.41) is 0. The zero-order chi connectivity index (χ0) is 8.15. The van der Waals surface area contributed by atoms with Gasteiger partial charge in [0.15, 0.2) is 0 Å². The van der Waals surface area contributed by atoms with Gasteiger partial charge < -0.3 is 0 Å². The summed E-state index contributed by atoms with van der Waals surface area (Å²) in [5.74, 6) is 0. The van der Waals surface area contributed by atoms with Crippen molar-refractivity contribution in [2.75, 3.05) is 0 Å². The summed E-state index contributed by atoms with van der Waals surface area (Å²) >= 11 is 0. The normalized spacial score (nSPS) is 13.6. The molecule has 0 heterocycles. The van der Waals surface area contributed by atoms with Crippen LogP contribution in [0.15, 0.2) is 35.5 Å². The molecule has 0 spiro atoms. The van der Waals surface area contributed by atoms with E-state index in [2.05, 4.69) is 26.5 Å². The topological polar surface area (TPSA) is 0 Å². The number of allylic oxidation sites excluding steroid dienone is 5. The van der Waals surface area contributed by atoms with Crippen molar-refractivity contribution in [3.63, 3.8) is 0 Å². The van der Waals surface area contributed by atoms with Gasteiger partial charge in [-0.15, -0.1) is 0 Å². The molecule has 0 radical (unpaired) electrons. The number of hydrogen-bond donors (Lipinski definition) is 0. The molecule has 0 amide bonds. The standard InChI is InChI=1S/C10H16/c1-6-7-9(4)10(5)8(2)3/h6-7H,2H2,1,3-5H3/b7-6+,10-9-. The van der Waals surface area contributed by atoms with Crippen LogP contribution in [-0.4, -0.2) is 0 Å². The molecule has 0 aromatic rings. The van der Waals surface area contributed by atoms with E-state index in [1.807, 2.05) is 19.9 Å². The second kappa shape index (κ2) is 4.10. The third-order valence-electron chi connectivity index (χ3n) is 1.65. The number of rotatable bonds is 2. The van der Waals surface area contributed by atoms with Gasteiger partial charge in [-0.05, 0) is 38.8 Å². The molecule has 0 saturated carbocycles. The molecular weight excluding hydrogens is 120 g/mol. The third kappa shape index (κ3) is 2.67. The highest BCUT2D eigenvalue weighted by Gasteiger charge is 1.91. The molecular formula is C10H16. The molecule has 0 rings (SSSR count). The van der Waals surface area contributed by atoms with E-state index in [0.717, 1.165) is 5.57 Å². The molecule has 10 heavy (non-hydrogen) atoms. The Morgan fingerprint density at radius 2 is 1.70 bits per heavy atom. The summed E-state index contributed by atoms with van der Waals surface area (Å²) in [5.41, 5.74) is 3.74. The molecule has 0 heteroatoms. The Morgan fingerprint density at radius 3 is 2.00 bits per heavy atom. The van der Waals surface area contributed by atoms with Gasteiger partial charge in [0, 0.05) is 0 Å². The van der Waals surface area contributed by atoms with Crippen molar-refractivity contribution < 1.29 is 0 Å². The lowest BCUT2D eigenvalue weighted by molar-refractivity contribution is 1.28. The molecule has 0 saturated heterocycles. The van der Waals surface area contributed by atoms with Gasteiger partial charge in [-0.2, -0.15) is 0 Å². The second-order valence-electron chi connectivity index (χ2n) is 2.59. The average molecular weight is 136 g/mol. The van der Waals surface area contributed by atoms with Crippen molar-refractivity contribution in [2.24, 2.45) is 0 Å². The zero-order valence-electron chi connectivity index (χ0n) is 7.36. The summed E-state index contributed by atoms with van der Waals surface area (Å²) in [4.78, 5) is 0. The van der Waals surface area contributed by atoms with Crippen LogP contribution in [0, 0.1) is 0 Å². The van der Waals surface area contributed by atoms with Gasteiger partial charge in [0.25, 0.3) is 0 Å². The van der Waals surface area contributed by atoms with Crippen LogP contribution in [0.5, 0.6) is 0 Å². The quantitative estimate of drug-likeness (QED) is 0.510. The molecule has 0 aromatic heterocycles.